The molecule has 0 radical (unpaired) electrons. The first-order chi connectivity index (χ1) is 6.54. The van der Waals surface area contributed by atoms with Crippen molar-refractivity contribution in [1.29, 1.82) is 0 Å². The predicted octanol–water partition coefficient (Wildman–Crippen LogP) is 4.95. The number of nitrogens with zero attached hydrogens (tertiary/aromatic N) is 2. The second-order valence-corrected chi connectivity index (χ2v) is 8.59. The third-order valence-corrected chi connectivity index (χ3v) is 1.34. The fraction of sp³-hybridized carbons (Fsp3) is 1.00. The van der Waals surface area contributed by atoms with Crippen molar-refractivity contribution in [3.8, 4) is 0 Å². The zero-order chi connectivity index (χ0) is 13.1. The van der Waals surface area contributed by atoms with Crippen molar-refractivity contribution in [1.82, 2.24) is 0 Å². The molecule has 0 aromatic rings. The van der Waals surface area contributed by atoms with E-state index in [2.05, 4.69) is 52.2 Å². The minimum atomic E-state index is -0.826. The SMILES string of the molecule is C[N-]C(C)(C)C.C[N-]C(C)(C)C.[Cl][Zr+2][Cl]. The summed E-state index contributed by atoms with van der Waals surface area (Å²) in [7, 11) is 13.5. The van der Waals surface area contributed by atoms with E-state index in [-0.39, 0.29) is 11.1 Å². The summed E-state index contributed by atoms with van der Waals surface area (Å²) in [4.78, 5) is 0. The average molecular weight is 334 g/mol. The fourth-order valence-electron chi connectivity index (χ4n) is 0. The number of hydrogen-bond acceptors (Lipinski definition) is 0. The van der Waals surface area contributed by atoms with E-state index >= 15 is 0 Å². The van der Waals surface area contributed by atoms with Crippen LogP contribution in [0.2, 0.25) is 0 Å². The Hall–Kier alpha value is 1.38. The van der Waals surface area contributed by atoms with Gasteiger partial charge in [-0.15, -0.1) is 11.1 Å². The number of hydrogen-bond donors (Lipinski definition) is 0. The van der Waals surface area contributed by atoms with Crippen LogP contribution < -0.4 is 0 Å². The minimum absolute atomic E-state index is 0.167. The Morgan fingerprint density at radius 2 is 0.800 bits per heavy atom. The number of halogens is 2. The van der Waals surface area contributed by atoms with Crippen LogP contribution in [0.1, 0.15) is 41.5 Å². The van der Waals surface area contributed by atoms with Crippen molar-refractivity contribution in [3.05, 3.63) is 10.6 Å². The van der Waals surface area contributed by atoms with Crippen LogP contribution in [0.25, 0.3) is 10.6 Å². The van der Waals surface area contributed by atoms with Crippen molar-refractivity contribution in [2.75, 3.05) is 14.1 Å². The van der Waals surface area contributed by atoms with Crippen molar-refractivity contribution in [2.24, 2.45) is 0 Å². The van der Waals surface area contributed by atoms with Gasteiger partial charge in [0.05, 0.1) is 0 Å². The molecule has 5 heteroatoms. The molecular weight excluding hydrogens is 310 g/mol. The standard InChI is InChI=1S/2C5H12N.2ClH.Zr/c2*1-5(2,3)6-4;;;/h2*1-4H3;2*1H;/q2*-1;;;+4/p-2. The molecule has 0 aliphatic rings. The molecule has 0 N–H and O–H groups in total. The molecule has 0 spiro atoms. The van der Waals surface area contributed by atoms with Gasteiger partial charge in [-0.1, -0.05) is 41.5 Å². The van der Waals surface area contributed by atoms with Gasteiger partial charge in [0.25, 0.3) is 0 Å². The Morgan fingerprint density at radius 1 is 0.733 bits per heavy atom. The van der Waals surface area contributed by atoms with E-state index in [1.807, 2.05) is 14.1 Å². The fourth-order valence-corrected chi connectivity index (χ4v) is 0. The second-order valence-electron chi connectivity index (χ2n) is 4.86. The molecule has 0 aromatic heterocycles. The zero-order valence-electron chi connectivity index (χ0n) is 11.2. The molecule has 0 aliphatic carbocycles. The van der Waals surface area contributed by atoms with Crippen LogP contribution in [-0.4, -0.2) is 25.2 Å². The Bertz CT molecular complexity index is 106. The van der Waals surface area contributed by atoms with Gasteiger partial charge in [-0.3, -0.25) is 0 Å². The summed E-state index contributed by atoms with van der Waals surface area (Å²) in [5, 5.41) is 8.04. The van der Waals surface area contributed by atoms with Crippen LogP contribution in [0.15, 0.2) is 0 Å². The summed E-state index contributed by atoms with van der Waals surface area (Å²) in [5.74, 6) is 0. The second kappa shape index (κ2) is 11.9. The summed E-state index contributed by atoms with van der Waals surface area (Å²) in [6, 6.07) is 0. The van der Waals surface area contributed by atoms with E-state index in [1.54, 1.807) is 0 Å². The van der Waals surface area contributed by atoms with Crippen LogP contribution in [0.3, 0.4) is 0 Å². The zero-order valence-corrected chi connectivity index (χ0v) is 15.1. The Kier molecular flexibility index (Phi) is 17.1. The summed E-state index contributed by atoms with van der Waals surface area (Å²) in [5.41, 5.74) is 0.333. The van der Waals surface area contributed by atoms with Crippen LogP contribution in [0.4, 0.5) is 0 Å². The molecule has 2 nitrogen and oxygen atoms in total. The quantitative estimate of drug-likeness (QED) is 0.599. The normalized spacial score (nSPS) is 10.3. The van der Waals surface area contributed by atoms with E-state index in [1.165, 1.54) is 0 Å². The van der Waals surface area contributed by atoms with Gasteiger partial charge in [-0.2, -0.15) is 14.1 Å². The molecule has 0 unspecified atom stereocenters. The van der Waals surface area contributed by atoms with Gasteiger partial charge in [0.2, 0.25) is 0 Å². The molecule has 0 bridgehead atoms. The third kappa shape index (κ3) is 50.5. The van der Waals surface area contributed by atoms with Crippen molar-refractivity contribution in [3.63, 3.8) is 0 Å². The summed E-state index contributed by atoms with van der Waals surface area (Å²) in [6.45, 7) is 12.5. The van der Waals surface area contributed by atoms with E-state index in [9.17, 15) is 0 Å². The molecule has 0 saturated carbocycles. The first-order valence-electron chi connectivity index (χ1n) is 4.72. The van der Waals surface area contributed by atoms with Crippen LogP contribution in [-0.2, 0) is 20.8 Å². The molecule has 0 saturated heterocycles. The van der Waals surface area contributed by atoms with Gasteiger partial charge in [0, 0.05) is 0 Å². The molecule has 0 rings (SSSR count). The monoisotopic (exact) mass is 332 g/mol. The van der Waals surface area contributed by atoms with E-state index in [0.717, 1.165) is 0 Å². The van der Waals surface area contributed by atoms with Crippen molar-refractivity contribution < 1.29 is 20.8 Å². The van der Waals surface area contributed by atoms with Crippen molar-refractivity contribution in [2.45, 2.75) is 52.6 Å². The third-order valence-electron chi connectivity index (χ3n) is 1.34. The molecule has 15 heavy (non-hydrogen) atoms. The van der Waals surface area contributed by atoms with Crippen LogP contribution >= 0.6 is 17.0 Å². The van der Waals surface area contributed by atoms with Gasteiger partial charge in [0.1, 0.15) is 0 Å². The summed E-state index contributed by atoms with van der Waals surface area (Å²) >= 11 is -0.826. The van der Waals surface area contributed by atoms with Crippen LogP contribution in [0, 0.1) is 0 Å². The van der Waals surface area contributed by atoms with Gasteiger partial charge in [0.15, 0.2) is 0 Å². The predicted molar refractivity (Wildman–Crippen MR) is 69.8 cm³/mol. The Balaban J connectivity index is -0.000000153. The topological polar surface area (TPSA) is 28.2 Å². The van der Waals surface area contributed by atoms with Gasteiger partial charge < -0.3 is 10.6 Å². The van der Waals surface area contributed by atoms with Gasteiger partial charge in [-0.25, -0.2) is 0 Å². The van der Waals surface area contributed by atoms with Crippen molar-refractivity contribution >= 4 is 17.0 Å². The maximum atomic E-state index is 4.93. The summed E-state index contributed by atoms with van der Waals surface area (Å²) < 4.78 is 0. The van der Waals surface area contributed by atoms with E-state index in [4.69, 9.17) is 17.0 Å². The molecule has 0 amide bonds. The molecule has 0 atom stereocenters. The Morgan fingerprint density at radius 3 is 0.800 bits per heavy atom. The number of rotatable bonds is 0. The Labute approximate surface area is 115 Å². The molecule has 0 aliphatic heterocycles. The molecular formula is C10H24Cl2N2Zr. The van der Waals surface area contributed by atoms with E-state index in [0.29, 0.717) is 0 Å². The molecule has 0 fully saturated rings. The molecule has 0 aromatic carbocycles. The van der Waals surface area contributed by atoms with E-state index < -0.39 is 20.8 Å². The van der Waals surface area contributed by atoms with Gasteiger partial charge in [-0.05, 0) is 0 Å². The molecule has 0 heterocycles. The maximum absolute atomic E-state index is 4.93. The van der Waals surface area contributed by atoms with Crippen LogP contribution in [0.5, 0.6) is 0 Å². The first-order valence-corrected chi connectivity index (χ1v) is 11.0. The first kappa shape index (κ1) is 21.6. The van der Waals surface area contributed by atoms with Gasteiger partial charge >= 0.3 is 37.9 Å². The average Bonchev–Trinajstić information content (AvgIpc) is 2.04. The summed E-state index contributed by atoms with van der Waals surface area (Å²) in [6.07, 6.45) is 0. The molecule has 92 valence electrons.